The molecule has 0 unspecified atom stereocenters. The molecule has 1 heterocycles. The maximum atomic E-state index is 12.0. The van der Waals surface area contributed by atoms with E-state index in [4.69, 9.17) is 23.2 Å². The van der Waals surface area contributed by atoms with E-state index >= 15 is 0 Å². The number of aromatic amines is 1. The molecule has 20 heavy (non-hydrogen) atoms. The van der Waals surface area contributed by atoms with E-state index in [1.807, 2.05) is 24.3 Å². The molecule has 1 N–H and O–H groups in total. The Kier molecular flexibility index (Phi) is 3.75. The van der Waals surface area contributed by atoms with Crippen LogP contribution >= 0.6 is 35.0 Å². The highest BCUT2D eigenvalue weighted by Gasteiger charge is 2.52. The quantitative estimate of drug-likeness (QED) is 0.519. The Bertz CT molecular complexity index is 613. The number of carbonyl (C=O) groups is 1. The van der Waals surface area contributed by atoms with Crippen LogP contribution in [-0.4, -0.2) is 31.1 Å². The minimum absolute atomic E-state index is 0.0526. The second-order valence-corrected chi connectivity index (χ2v) is 7.15. The van der Waals surface area contributed by atoms with E-state index in [0.29, 0.717) is 16.5 Å². The zero-order valence-electron chi connectivity index (χ0n) is 10.3. The van der Waals surface area contributed by atoms with Gasteiger partial charge in [0.05, 0.1) is 5.75 Å². The number of aromatic nitrogens is 3. The SMILES string of the molecule is O=C(CSc1ncn[nH]1)c1ccc([C@H]2CC2(Cl)Cl)cc1. The monoisotopic (exact) mass is 327 g/mol. The van der Waals surface area contributed by atoms with Gasteiger partial charge in [-0.2, -0.15) is 5.10 Å². The van der Waals surface area contributed by atoms with Crippen molar-refractivity contribution in [1.82, 2.24) is 15.2 Å². The summed E-state index contributed by atoms with van der Waals surface area (Å²) in [5.41, 5.74) is 1.76. The summed E-state index contributed by atoms with van der Waals surface area (Å²) in [5.74, 6) is 0.558. The van der Waals surface area contributed by atoms with Crippen LogP contribution < -0.4 is 0 Å². The predicted octanol–water partition coefficient (Wildman–Crippen LogP) is 3.44. The Hall–Kier alpha value is -1.04. The number of alkyl halides is 2. The average molecular weight is 328 g/mol. The summed E-state index contributed by atoms with van der Waals surface area (Å²) in [6, 6.07) is 7.48. The van der Waals surface area contributed by atoms with Crippen molar-refractivity contribution in [3.8, 4) is 0 Å². The third kappa shape index (κ3) is 3.00. The van der Waals surface area contributed by atoms with E-state index in [9.17, 15) is 4.79 Å². The van der Waals surface area contributed by atoms with Crippen LogP contribution in [0.2, 0.25) is 0 Å². The Morgan fingerprint density at radius 1 is 1.40 bits per heavy atom. The summed E-state index contributed by atoms with van der Waals surface area (Å²) in [7, 11) is 0. The normalized spacial score (nSPS) is 19.8. The topological polar surface area (TPSA) is 58.6 Å². The summed E-state index contributed by atoms with van der Waals surface area (Å²) in [6.45, 7) is 0. The van der Waals surface area contributed by atoms with Gasteiger partial charge in [0.25, 0.3) is 0 Å². The maximum Gasteiger partial charge on any atom is 0.183 e. The number of Topliss-reactive ketones (excluding diaryl/α,β-unsaturated/α-hetero) is 1. The van der Waals surface area contributed by atoms with Gasteiger partial charge in [-0.1, -0.05) is 36.0 Å². The maximum absolute atomic E-state index is 12.0. The molecular formula is C13H11Cl2N3OS. The molecule has 0 amide bonds. The third-order valence-electron chi connectivity index (χ3n) is 3.19. The Labute approximate surface area is 130 Å². The van der Waals surface area contributed by atoms with Crippen LogP contribution in [0.25, 0.3) is 0 Å². The van der Waals surface area contributed by atoms with Crippen molar-refractivity contribution >= 4 is 40.7 Å². The van der Waals surface area contributed by atoms with Crippen LogP contribution in [0.3, 0.4) is 0 Å². The number of H-pyrrole nitrogens is 1. The number of nitrogens with zero attached hydrogens (tertiary/aromatic N) is 2. The zero-order chi connectivity index (χ0) is 14.2. The van der Waals surface area contributed by atoms with Gasteiger partial charge in [-0.25, -0.2) is 4.98 Å². The summed E-state index contributed by atoms with van der Waals surface area (Å²) in [4.78, 5) is 16.0. The molecular weight excluding hydrogens is 317 g/mol. The number of carbonyl (C=O) groups excluding carboxylic acids is 1. The number of benzene rings is 1. The first-order valence-electron chi connectivity index (χ1n) is 6.05. The lowest BCUT2D eigenvalue weighted by Crippen LogP contribution is -2.03. The van der Waals surface area contributed by atoms with E-state index in [0.717, 1.165) is 12.0 Å². The molecule has 3 rings (SSSR count). The van der Waals surface area contributed by atoms with Crippen LogP contribution in [0, 0.1) is 0 Å². The van der Waals surface area contributed by atoms with Crippen LogP contribution in [-0.2, 0) is 0 Å². The Morgan fingerprint density at radius 2 is 2.10 bits per heavy atom. The molecule has 1 aromatic heterocycles. The first-order valence-corrected chi connectivity index (χ1v) is 7.79. The molecule has 4 nitrogen and oxygen atoms in total. The fraction of sp³-hybridized carbons (Fsp3) is 0.308. The summed E-state index contributed by atoms with van der Waals surface area (Å²) < 4.78 is -0.631. The van der Waals surface area contributed by atoms with Gasteiger partial charge >= 0.3 is 0 Å². The van der Waals surface area contributed by atoms with Crippen molar-refractivity contribution in [2.75, 3.05) is 5.75 Å². The lowest BCUT2D eigenvalue weighted by atomic mass is 10.1. The van der Waals surface area contributed by atoms with Gasteiger partial charge in [-0.05, 0) is 12.0 Å². The number of hydrogen-bond acceptors (Lipinski definition) is 4. The second-order valence-electron chi connectivity index (χ2n) is 4.64. The smallest absolute Gasteiger partial charge is 0.183 e. The highest BCUT2D eigenvalue weighted by Crippen LogP contribution is 2.59. The summed E-state index contributed by atoms with van der Waals surface area (Å²) >= 11 is 13.4. The Balaban J connectivity index is 1.61. The first kappa shape index (κ1) is 13.9. The molecule has 7 heteroatoms. The molecule has 1 saturated carbocycles. The van der Waals surface area contributed by atoms with Gasteiger partial charge in [-0.15, -0.1) is 23.2 Å². The molecule has 0 saturated heterocycles. The van der Waals surface area contributed by atoms with Crippen molar-refractivity contribution in [3.05, 3.63) is 41.7 Å². The fourth-order valence-electron chi connectivity index (χ4n) is 1.96. The number of thioether (sulfide) groups is 1. The van der Waals surface area contributed by atoms with E-state index in [2.05, 4.69) is 15.2 Å². The molecule has 2 aromatic rings. The number of nitrogens with one attached hydrogen (secondary N) is 1. The number of rotatable bonds is 5. The molecule has 1 aliphatic rings. The number of halogens is 2. The highest BCUT2D eigenvalue weighted by molar-refractivity contribution is 7.99. The van der Waals surface area contributed by atoms with Crippen LogP contribution in [0.4, 0.5) is 0 Å². The lowest BCUT2D eigenvalue weighted by molar-refractivity contribution is 0.102. The highest BCUT2D eigenvalue weighted by atomic mass is 35.5. The van der Waals surface area contributed by atoms with E-state index in [-0.39, 0.29) is 11.7 Å². The fourth-order valence-corrected chi connectivity index (χ4v) is 3.19. The van der Waals surface area contributed by atoms with Gasteiger partial charge < -0.3 is 0 Å². The Morgan fingerprint density at radius 3 is 2.65 bits per heavy atom. The minimum Gasteiger partial charge on any atom is -0.293 e. The molecule has 0 aliphatic heterocycles. The third-order valence-corrected chi connectivity index (χ3v) is 4.91. The average Bonchev–Trinajstić information content (AvgIpc) is 2.87. The molecule has 0 bridgehead atoms. The molecule has 1 atom stereocenters. The van der Waals surface area contributed by atoms with Crippen LogP contribution in [0.15, 0.2) is 35.7 Å². The molecule has 1 aromatic carbocycles. The van der Waals surface area contributed by atoms with Gasteiger partial charge in [0.15, 0.2) is 10.9 Å². The summed E-state index contributed by atoms with van der Waals surface area (Å²) in [5, 5.41) is 7.08. The number of hydrogen-bond donors (Lipinski definition) is 1. The van der Waals surface area contributed by atoms with Crippen LogP contribution in [0.1, 0.15) is 28.3 Å². The largest absolute Gasteiger partial charge is 0.293 e. The van der Waals surface area contributed by atoms with Gasteiger partial charge in [0, 0.05) is 11.5 Å². The molecule has 1 aliphatic carbocycles. The predicted molar refractivity (Wildman–Crippen MR) is 79.7 cm³/mol. The second kappa shape index (κ2) is 5.39. The number of ketones is 1. The zero-order valence-corrected chi connectivity index (χ0v) is 12.7. The van der Waals surface area contributed by atoms with Crippen LogP contribution in [0.5, 0.6) is 0 Å². The van der Waals surface area contributed by atoms with Gasteiger partial charge in [0.1, 0.15) is 10.7 Å². The van der Waals surface area contributed by atoms with Crippen molar-refractivity contribution in [2.24, 2.45) is 0 Å². The van der Waals surface area contributed by atoms with Crippen molar-refractivity contribution in [1.29, 1.82) is 0 Å². The van der Waals surface area contributed by atoms with Gasteiger partial charge in [0.2, 0.25) is 0 Å². The standard InChI is InChI=1S/C13H11Cl2N3OS/c14-13(15)5-10(13)8-1-3-9(4-2-8)11(19)6-20-12-16-7-17-18-12/h1-4,7,10H,5-6H2,(H,16,17,18)/t10-/m1/s1. The van der Waals surface area contributed by atoms with E-state index in [1.54, 1.807) is 0 Å². The van der Waals surface area contributed by atoms with Crippen molar-refractivity contribution in [3.63, 3.8) is 0 Å². The lowest BCUT2D eigenvalue weighted by Gasteiger charge is -2.03. The molecule has 104 valence electrons. The van der Waals surface area contributed by atoms with E-state index < -0.39 is 4.33 Å². The minimum atomic E-state index is -0.631. The molecule has 1 fully saturated rings. The van der Waals surface area contributed by atoms with Gasteiger partial charge in [-0.3, -0.25) is 9.89 Å². The summed E-state index contributed by atoms with van der Waals surface area (Å²) in [6.07, 6.45) is 2.19. The van der Waals surface area contributed by atoms with Crippen molar-refractivity contribution in [2.45, 2.75) is 21.8 Å². The molecule has 0 spiro atoms. The first-order chi connectivity index (χ1) is 9.56. The molecule has 0 radical (unpaired) electrons. The van der Waals surface area contributed by atoms with Crippen molar-refractivity contribution < 1.29 is 4.79 Å². The van der Waals surface area contributed by atoms with E-state index in [1.165, 1.54) is 18.1 Å².